The van der Waals surface area contributed by atoms with E-state index in [1.54, 1.807) is 10.9 Å². The summed E-state index contributed by atoms with van der Waals surface area (Å²) in [6, 6.07) is 1.81. The van der Waals surface area contributed by atoms with Crippen LogP contribution in [0, 0.1) is 5.92 Å². The van der Waals surface area contributed by atoms with Gasteiger partial charge in [-0.25, -0.2) is 4.68 Å². The molecule has 1 aliphatic rings. The molecule has 1 saturated carbocycles. The topological polar surface area (TPSA) is 70.4 Å². The van der Waals surface area contributed by atoms with Crippen LogP contribution in [0.15, 0.2) is 12.3 Å². The van der Waals surface area contributed by atoms with Crippen LogP contribution in [0.1, 0.15) is 32.6 Å². The maximum Gasteiger partial charge on any atom is 0.239 e. The van der Waals surface area contributed by atoms with Crippen LogP contribution in [-0.4, -0.2) is 51.9 Å². The smallest absolute Gasteiger partial charge is 0.239 e. The Morgan fingerprint density at radius 3 is 3.05 bits per heavy atom. The van der Waals surface area contributed by atoms with Gasteiger partial charge >= 0.3 is 0 Å². The standard InChI is InChI=1S/C15H26N4O2/c1-3-9-19-14(7-8-16-19)17-15(21)11-18(2)10-12-5-4-6-13(12)20/h7-8,12-13,20H,3-6,9-11H2,1-2H3,(H,17,21). The molecule has 1 amide bonds. The molecule has 2 rings (SSSR count). The molecule has 0 aromatic carbocycles. The Bertz CT molecular complexity index is 460. The normalized spacial score (nSPS) is 21.9. The number of aryl methyl sites for hydroxylation is 1. The molecule has 1 aliphatic carbocycles. The molecule has 2 atom stereocenters. The van der Waals surface area contributed by atoms with Crippen molar-refractivity contribution in [2.45, 2.75) is 45.3 Å². The Labute approximate surface area is 126 Å². The third-order valence-corrected chi connectivity index (χ3v) is 4.00. The fourth-order valence-electron chi connectivity index (χ4n) is 2.95. The lowest BCUT2D eigenvalue weighted by Crippen LogP contribution is -2.36. The van der Waals surface area contributed by atoms with Gasteiger partial charge in [0, 0.05) is 19.2 Å². The Morgan fingerprint density at radius 2 is 2.38 bits per heavy atom. The van der Waals surface area contributed by atoms with E-state index >= 15 is 0 Å². The van der Waals surface area contributed by atoms with Gasteiger partial charge in [0.05, 0.1) is 18.8 Å². The third-order valence-electron chi connectivity index (χ3n) is 4.00. The van der Waals surface area contributed by atoms with Crippen LogP contribution < -0.4 is 5.32 Å². The molecule has 0 bridgehead atoms. The first-order valence-corrected chi connectivity index (χ1v) is 7.78. The van der Waals surface area contributed by atoms with Crippen molar-refractivity contribution in [3.63, 3.8) is 0 Å². The van der Waals surface area contributed by atoms with Crippen LogP contribution in [0.2, 0.25) is 0 Å². The number of likely N-dealkylation sites (N-methyl/N-ethyl adjacent to an activating group) is 1. The van der Waals surface area contributed by atoms with E-state index in [0.717, 1.165) is 44.6 Å². The maximum absolute atomic E-state index is 12.1. The predicted octanol–water partition coefficient (Wildman–Crippen LogP) is 1.32. The van der Waals surface area contributed by atoms with E-state index in [9.17, 15) is 9.90 Å². The lowest BCUT2D eigenvalue weighted by Gasteiger charge is -2.22. The highest BCUT2D eigenvalue weighted by Gasteiger charge is 2.26. The molecule has 1 heterocycles. The zero-order valence-electron chi connectivity index (χ0n) is 13.0. The summed E-state index contributed by atoms with van der Waals surface area (Å²) in [5.41, 5.74) is 0. The average molecular weight is 294 g/mol. The number of carbonyl (C=O) groups is 1. The molecular formula is C15H26N4O2. The Morgan fingerprint density at radius 1 is 1.57 bits per heavy atom. The van der Waals surface area contributed by atoms with Gasteiger partial charge in [-0.15, -0.1) is 0 Å². The maximum atomic E-state index is 12.1. The van der Waals surface area contributed by atoms with Crippen LogP contribution in [-0.2, 0) is 11.3 Å². The van der Waals surface area contributed by atoms with Gasteiger partial charge in [0.2, 0.25) is 5.91 Å². The first-order valence-electron chi connectivity index (χ1n) is 7.78. The van der Waals surface area contributed by atoms with Crippen LogP contribution in [0.3, 0.4) is 0 Å². The number of hydrogen-bond acceptors (Lipinski definition) is 4. The second kappa shape index (κ2) is 7.56. The minimum Gasteiger partial charge on any atom is -0.393 e. The molecule has 21 heavy (non-hydrogen) atoms. The van der Waals surface area contributed by atoms with Crippen molar-refractivity contribution in [2.75, 3.05) is 25.5 Å². The van der Waals surface area contributed by atoms with Gasteiger partial charge in [-0.1, -0.05) is 13.3 Å². The van der Waals surface area contributed by atoms with E-state index in [2.05, 4.69) is 17.3 Å². The van der Waals surface area contributed by atoms with Crippen molar-refractivity contribution in [3.05, 3.63) is 12.3 Å². The fourth-order valence-corrected chi connectivity index (χ4v) is 2.95. The van der Waals surface area contributed by atoms with Gasteiger partial charge in [-0.2, -0.15) is 5.10 Å². The number of carbonyl (C=O) groups excluding carboxylic acids is 1. The molecule has 2 unspecified atom stereocenters. The third kappa shape index (κ3) is 4.54. The molecule has 1 aromatic heterocycles. The zero-order chi connectivity index (χ0) is 15.2. The predicted molar refractivity (Wildman–Crippen MR) is 82.0 cm³/mol. The first kappa shape index (κ1) is 16.0. The number of rotatable bonds is 7. The highest BCUT2D eigenvalue weighted by molar-refractivity contribution is 5.91. The number of anilines is 1. The summed E-state index contributed by atoms with van der Waals surface area (Å²) in [6.07, 6.45) is 5.49. The van der Waals surface area contributed by atoms with Gasteiger partial charge in [0.15, 0.2) is 0 Å². The van der Waals surface area contributed by atoms with E-state index in [4.69, 9.17) is 0 Å². The molecule has 118 valence electrons. The molecule has 6 nitrogen and oxygen atoms in total. The molecule has 6 heteroatoms. The van der Waals surface area contributed by atoms with Gasteiger partial charge in [0.1, 0.15) is 5.82 Å². The van der Waals surface area contributed by atoms with Crippen molar-refractivity contribution in [3.8, 4) is 0 Å². The summed E-state index contributed by atoms with van der Waals surface area (Å²) in [7, 11) is 1.92. The van der Waals surface area contributed by atoms with Crippen LogP contribution in [0.4, 0.5) is 5.82 Å². The first-order chi connectivity index (χ1) is 10.1. The second-order valence-corrected chi connectivity index (χ2v) is 5.94. The molecule has 0 saturated heterocycles. The number of aliphatic hydroxyl groups excluding tert-OH is 1. The van der Waals surface area contributed by atoms with E-state index in [0.29, 0.717) is 12.5 Å². The van der Waals surface area contributed by atoms with Crippen molar-refractivity contribution in [1.82, 2.24) is 14.7 Å². The molecule has 1 fully saturated rings. The molecular weight excluding hydrogens is 268 g/mol. The molecule has 0 radical (unpaired) electrons. The molecule has 2 N–H and O–H groups in total. The SMILES string of the molecule is CCCn1nccc1NC(=O)CN(C)CC1CCCC1O. The van der Waals surface area contributed by atoms with Crippen LogP contribution in [0.25, 0.3) is 0 Å². The quantitative estimate of drug-likeness (QED) is 0.796. The number of hydrogen-bond donors (Lipinski definition) is 2. The second-order valence-electron chi connectivity index (χ2n) is 5.94. The van der Waals surface area contributed by atoms with Crippen molar-refractivity contribution >= 4 is 11.7 Å². The van der Waals surface area contributed by atoms with Crippen LogP contribution in [0.5, 0.6) is 0 Å². The van der Waals surface area contributed by atoms with Crippen molar-refractivity contribution < 1.29 is 9.90 Å². The summed E-state index contributed by atoms with van der Waals surface area (Å²) in [5.74, 6) is 1.01. The van der Waals surface area contributed by atoms with Gasteiger partial charge in [-0.3, -0.25) is 9.69 Å². The van der Waals surface area contributed by atoms with Gasteiger partial charge in [0.25, 0.3) is 0 Å². The van der Waals surface area contributed by atoms with Crippen molar-refractivity contribution in [1.29, 1.82) is 0 Å². The van der Waals surface area contributed by atoms with E-state index in [-0.39, 0.29) is 12.0 Å². The van der Waals surface area contributed by atoms with Crippen molar-refractivity contribution in [2.24, 2.45) is 5.92 Å². The van der Waals surface area contributed by atoms with E-state index < -0.39 is 0 Å². The Balaban J connectivity index is 1.79. The summed E-state index contributed by atoms with van der Waals surface area (Å²) in [5, 5.41) is 16.9. The van der Waals surface area contributed by atoms with Gasteiger partial charge < -0.3 is 10.4 Å². The molecule has 0 aliphatic heterocycles. The highest BCUT2D eigenvalue weighted by Crippen LogP contribution is 2.25. The zero-order valence-corrected chi connectivity index (χ0v) is 13.0. The summed E-state index contributed by atoms with van der Waals surface area (Å²) < 4.78 is 1.80. The summed E-state index contributed by atoms with van der Waals surface area (Å²) in [4.78, 5) is 14.1. The number of nitrogens with one attached hydrogen (secondary N) is 1. The average Bonchev–Trinajstić information content (AvgIpc) is 3.01. The lowest BCUT2D eigenvalue weighted by atomic mass is 10.1. The number of aromatic nitrogens is 2. The van der Waals surface area contributed by atoms with E-state index in [1.807, 2.05) is 18.0 Å². The summed E-state index contributed by atoms with van der Waals surface area (Å²) >= 11 is 0. The van der Waals surface area contributed by atoms with Gasteiger partial charge in [-0.05, 0) is 32.2 Å². The highest BCUT2D eigenvalue weighted by atomic mass is 16.3. The minimum atomic E-state index is -0.207. The number of amides is 1. The minimum absolute atomic E-state index is 0.0390. The number of aliphatic hydroxyl groups is 1. The fraction of sp³-hybridized carbons (Fsp3) is 0.733. The number of nitrogens with zero attached hydrogens (tertiary/aromatic N) is 3. The Hall–Kier alpha value is -1.40. The molecule has 1 aromatic rings. The Kier molecular flexibility index (Phi) is 5.76. The van der Waals surface area contributed by atoms with Crippen LogP contribution >= 0.6 is 0 Å². The lowest BCUT2D eigenvalue weighted by molar-refractivity contribution is -0.117. The van der Waals surface area contributed by atoms with E-state index in [1.165, 1.54) is 0 Å². The molecule has 0 spiro atoms. The summed E-state index contributed by atoms with van der Waals surface area (Å²) in [6.45, 7) is 3.98. The monoisotopic (exact) mass is 294 g/mol. The largest absolute Gasteiger partial charge is 0.393 e.